The molecule has 0 aliphatic rings. The van der Waals surface area contributed by atoms with E-state index in [0.717, 1.165) is 12.2 Å². The largest absolute Gasteiger partial charge is 0.466 e. The monoisotopic (exact) mass is 512 g/mol. The van der Waals surface area contributed by atoms with Gasteiger partial charge in [-0.2, -0.15) is 11.8 Å². The second kappa shape index (κ2) is 31.8. The Balaban J connectivity index is 3.14. The normalized spacial score (nSPS) is 11.3. The number of rotatable bonds is 30. The second-order valence-corrected chi connectivity index (χ2v) is 11.9. The van der Waals surface area contributed by atoms with E-state index in [4.69, 9.17) is 4.74 Å². The molecule has 0 saturated carbocycles. The van der Waals surface area contributed by atoms with Crippen molar-refractivity contribution in [2.75, 3.05) is 18.1 Å². The van der Waals surface area contributed by atoms with Crippen LogP contribution in [0.15, 0.2) is 0 Å². The Morgan fingerprint density at radius 3 is 1.20 bits per heavy atom. The number of unbranched alkanes of at least 4 members (excludes halogenated alkanes) is 23. The van der Waals surface area contributed by atoms with Gasteiger partial charge in [-0.05, 0) is 18.6 Å². The Morgan fingerprint density at radius 2 is 0.800 bits per heavy atom. The minimum absolute atomic E-state index is 0.00568. The molecule has 0 spiro atoms. The molecule has 0 N–H and O–H groups in total. The van der Waals surface area contributed by atoms with Gasteiger partial charge in [0.25, 0.3) is 0 Å². The lowest BCUT2D eigenvalue weighted by Crippen LogP contribution is -2.07. The molecule has 0 radical (unpaired) electrons. The van der Waals surface area contributed by atoms with Crippen LogP contribution in [-0.4, -0.2) is 24.1 Å². The van der Waals surface area contributed by atoms with E-state index in [-0.39, 0.29) is 5.97 Å². The predicted molar refractivity (Wildman–Crippen MR) is 160 cm³/mol. The van der Waals surface area contributed by atoms with Gasteiger partial charge < -0.3 is 4.74 Å². The number of hydrogen-bond acceptors (Lipinski definition) is 3. The Hall–Kier alpha value is -0.180. The van der Waals surface area contributed by atoms with Gasteiger partial charge in [-0.15, -0.1) is 0 Å². The Bertz CT molecular complexity index is 399. The molecule has 0 aromatic rings. The lowest BCUT2D eigenvalue weighted by molar-refractivity contribution is -0.143. The highest BCUT2D eigenvalue weighted by atomic mass is 32.2. The SMILES string of the molecule is CCCCCCCCCCCCCCCCOC(=O)CCSCCCCCCCCCCCCC. The van der Waals surface area contributed by atoms with Gasteiger partial charge >= 0.3 is 5.97 Å². The van der Waals surface area contributed by atoms with Crippen molar-refractivity contribution in [3.8, 4) is 0 Å². The van der Waals surface area contributed by atoms with Crippen LogP contribution in [0, 0.1) is 0 Å². The first-order valence-corrected chi connectivity index (χ1v) is 17.2. The van der Waals surface area contributed by atoms with E-state index < -0.39 is 0 Å². The lowest BCUT2D eigenvalue weighted by atomic mass is 10.0. The summed E-state index contributed by atoms with van der Waals surface area (Å²) in [6.45, 7) is 5.19. The number of carbonyl (C=O) groups excluding carboxylic acids is 1. The smallest absolute Gasteiger partial charge is 0.306 e. The van der Waals surface area contributed by atoms with Crippen LogP contribution in [0.5, 0.6) is 0 Å². The minimum Gasteiger partial charge on any atom is -0.466 e. The second-order valence-electron chi connectivity index (χ2n) is 10.7. The number of thioether (sulfide) groups is 1. The van der Waals surface area contributed by atoms with Gasteiger partial charge in [0.05, 0.1) is 13.0 Å². The van der Waals surface area contributed by atoms with E-state index in [1.807, 2.05) is 11.8 Å². The van der Waals surface area contributed by atoms with Crippen LogP contribution in [0.1, 0.15) is 181 Å². The highest BCUT2D eigenvalue weighted by Gasteiger charge is 2.03. The van der Waals surface area contributed by atoms with Crippen molar-refractivity contribution in [3.05, 3.63) is 0 Å². The van der Waals surface area contributed by atoms with Crippen molar-refractivity contribution in [1.82, 2.24) is 0 Å². The van der Waals surface area contributed by atoms with Crippen molar-refractivity contribution in [3.63, 3.8) is 0 Å². The zero-order valence-electron chi connectivity index (χ0n) is 24.2. The number of esters is 1. The summed E-state index contributed by atoms with van der Waals surface area (Å²) in [6, 6.07) is 0. The van der Waals surface area contributed by atoms with Crippen LogP contribution in [0.4, 0.5) is 0 Å². The van der Waals surface area contributed by atoms with Crippen LogP contribution >= 0.6 is 11.8 Å². The molecule has 0 aliphatic carbocycles. The van der Waals surface area contributed by atoms with Gasteiger partial charge in [0.2, 0.25) is 0 Å². The maximum Gasteiger partial charge on any atom is 0.306 e. The van der Waals surface area contributed by atoms with Crippen LogP contribution in [0.2, 0.25) is 0 Å². The van der Waals surface area contributed by atoms with Gasteiger partial charge in [-0.25, -0.2) is 0 Å². The molecule has 3 heteroatoms. The minimum atomic E-state index is 0.00568. The van der Waals surface area contributed by atoms with E-state index in [2.05, 4.69) is 13.8 Å². The van der Waals surface area contributed by atoms with E-state index >= 15 is 0 Å². The Morgan fingerprint density at radius 1 is 0.457 bits per heavy atom. The van der Waals surface area contributed by atoms with Crippen molar-refractivity contribution in [2.45, 2.75) is 181 Å². The average Bonchev–Trinajstić information content (AvgIpc) is 2.86. The molecule has 0 rings (SSSR count). The molecule has 0 aliphatic heterocycles. The fraction of sp³-hybridized carbons (Fsp3) is 0.969. The lowest BCUT2D eigenvalue weighted by Gasteiger charge is -2.06. The Labute approximate surface area is 225 Å². The Kier molecular flexibility index (Phi) is 31.7. The summed E-state index contributed by atoms with van der Waals surface area (Å²) in [7, 11) is 0. The van der Waals surface area contributed by atoms with Gasteiger partial charge in [0.15, 0.2) is 0 Å². The zero-order chi connectivity index (χ0) is 25.5. The highest BCUT2D eigenvalue weighted by Crippen LogP contribution is 2.15. The topological polar surface area (TPSA) is 26.3 Å². The number of carbonyl (C=O) groups is 1. The van der Waals surface area contributed by atoms with Crippen molar-refractivity contribution in [1.29, 1.82) is 0 Å². The first-order valence-electron chi connectivity index (χ1n) is 16.0. The molecule has 0 saturated heterocycles. The third-order valence-corrected chi connectivity index (χ3v) is 8.17. The molecule has 0 atom stereocenters. The molecule has 210 valence electrons. The fourth-order valence-electron chi connectivity index (χ4n) is 4.68. The summed E-state index contributed by atoms with van der Waals surface area (Å²) in [5.74, 6) is 2.13. The molecule has 0 fully saturated rings. The molecule has 0 amide bonds. The van der Waals surface area contributed by atoms with E-state index in [0.29, 0.717) is 13.0 Å². The number of ether oxygens (including phenoxy) is 1. The molecular weight excluding hydrogens is 448 g/mol. The average molecular weight is 513 g/mol. The highest BCUT2D eigenvalue weighted by molar-refractivity contribution is 7.99. The van der Waals surface area contributed by atoms with Crippen LogP contribution in [0.3, 0.4) is 0 Å². The molecule has 0 bridgehead atoms. The summed E-state index contributed by atoms with van der Waals surface area (Å²) in [6.07, 6.45) is 35.0. The van der Waals surface area contributed by atoms with Gasteiger partial charge in [-0.3, -0.25) is 4.79 Å². The van der Waals surface area contributed by atoms with Crippen molar-refractivity contribution < 1.29 is 9.53 Å². The maximum atomic E-state index is 11.9. The van der Waals surface area contributed by atoms with Gasteiger partial charge in [0, 0.05) is 5.75 Å². The molecular formula is C32H64O2S. The maximum absolute atomic E-state index is 11.9. The number of hydrogen-bond donors (Lipinski definition) is 0. The molecule has 0 aromatic carbocycles. The van der Waals surface area contributed by atoms with E-state index in [1.54, 1.807) is 0 Å². The summed E-state index contributed by atoms with van der Waals surface area (Å²) in [5, 5.41) is 0. The van der Waals surface area contributed by atoms with E-state index in [1.165, 1.54) is 160 Å². The summed E-state index contributed by atoms with van der Waals surface area (Å²) in [5.41, 5.74) is 0. The third-order valence-electron chi connectivity index (χ3n) is 7.10. The fourth-order valence-corrected chi connectivity index (χ4v) is 5.60. The van der Waals surface area contributed by atoms with Crippen LogP contribution in [0.25, 0.3) is 0 Å². The third kappa shape index (κ3) is 31.8. The van der Waals surface area contributed by atoms with Gasteiger partial charge in [0.1, 0.15) is 0 Å². The summed E-state index contributed by atoms with van der Waals surface area (Å²) in [4.78, 5) is 11.9. The van der Waals surface area contributed by atoms with Crippen molar-refractivity contribution >= 4 is 17.7 Å². The van der Waals surface area contributed by atoms with Gasteiger partial charge in [-0.1, -0.05) is 162 Å². The summed E-state index contributed by atoms with van der Waals surface area (Å²) >= 11 is 1.92. The predicted octanol–water partition coefficient (Wildman–Crippen LogP) is 11.4. The first-order chi connectivity index (χ1) is 17.3. The zero-order valence-corrected chi connectivity index (χ0v) is 25.0. The molecule has 0 aromatic heterocycles. The molecule has 0 unspecified atom stereocenters. The van der Waals surface area contributed by atoms with Crippen molar-refractivity contribution in [2.24, 2.45) is 0 Å². The molecule has 0 heterocycles. The molecule has 2 nitrogen and oxygen atoms in total. The first kappa shape index (κ1) is 34.8. The van der Waals surface area contributed by atoms with Crippen LogP contribution < -0.4 is 0 Å². The summed E-state index contributed by atoms with van der Waals surface area (Å²) < 4.78 is 5.41. The van der Waals surface area contributed by atoms with Crippen LogP contribution in [-0.2, 0) is 9.53 Å². The molecule has 35 heavy (non-hydrogen) atoms. The standard InChI is InChI=1S/C32H64O2S/c1-3-5-7-9-11-13-15-16-17-18-20-22-24-26-29-34-32(33)28-31-35-30-27-25-23-21-19-14-12-10-8-6-4-2/h3-31H2,1-2H3. The van der Waals surface area contributed by atoms with E-state index in [9.17, 15) is 4.79 Å². The quantitative estimate of drug-likeness (QED) is 0.0707.